The van der Waals surface area contributed by atoms with Crippen LogP contribution in [0.4, 0.5) is 0 Å². The number of rotatable bonds is 3. The molecule has 1 aliphatic heterocycles. The maximum Gasteiger partial charge on any atom is 0.223 e. The second-order valence-corrected chi connectivity index (χ2v) is 7.36. The smallest absolute Gasteiger partial charge is 0.223 e. The van der Waals surface area contributed by atoms with Crippen molar-refractivity contribution < 1.29 is 9.53 Å². The van der Waals surface area contributed by atoms with Gasteiger partial charge in [-0.2, -0.15) is 0 Å². The Kier molecular flexibility index (Phi) is 4.68. The number of pyridine rings is 1. The highest BCUT2D eigenvalue weighted by molar-refractivity contribution is 9.10. The first kappa shape index (κ1) is 15.3. The highest BCUT2D eigenvalue weighted by Gasteiger charge is 2.29. The highest BCUT2D eigenvalue weighted by atomic mass is 79.9. The molecule has 1 aromatic rings. The summed E-state index contributed by atoms with van der Waals surface area (Å²) in [6.07, 6.45) is 4.95. The Morgan fingerprint density at radius 1 is 1.50 bits per heavy atom. The molecule has 20 heavy (non-hydrogen) atoms. The number of hydrogen-bond donors (Lipinski definition) is 0. The van der Waals surface area contributed by atoms with Gasteiger partial charge >= 0.3 is 0 Å². The van der Waals surface area contributed by atoms with Gasteiger partial charge in [0.2, 0.25) is 5.91 Å². The molecule has 1 aromatic heterocycles. The van der Waals surface area contributed by atoms with E-state index in [1.165, 1.54) is 0 Å². The quantitative estimate of drug-likeness (QED) is 0.848. The summed E-state index contributed by atoms with van der Waals surface area (Å²) < 4.78 is 6.78. The number of carbonyl (C=O) groups excluding carboxylic acids is 1. The largest absolute Gasteiger partial charge is 0.487 e. The molecule has 110 valence electrons. The Bertz CT molecular complexity index is 485. The van der Waals surface area contributed by atoms with Crippen LogP contribution >= 0.6 is 15.9 Å². The molecule has 0 aromatic carbocycles. The van der Waals surface area contributed by atoms with Crippen molar-refractivity contribution in [2.45, 2.75) is 39.7 Å². The Labute approximate surface area is 128 Å². The average molecular weight is 341 g/mol. The lowest BCUT2D eigenvalue weighted by atomic mass is 9.92. The number of likely N-dealkylation sites (tertiary alicyclic amines) is 1. The van der Waals surface area contributed by atoms with Crippen LogP contribution in [0.5, 0.6) is 5.75 Å². The number of nitrogens with zero attached hydrogens (tertiary/aromatic N) is 2. The summed E-state index contributed by atoms with van der Waals surface area (Å²) in [5.74, 6) is 0.963. The van der Waals surface area contributed by atoms with E-state index in [4.69, 9.17) is 4.74 Å². The molecule has 4 nitrogen and oxygen atoms in total. The van der Waals surface area contributed by atoms with E-state index in [1.54, 1.807) is 12.4 Å². The van der Waals surface area contributed by atoms with Crippen LogP contribution in [0.25, 0.3) is 0 Å². The summed E-state index contributed by atoms with van der Waals surface area (Å²) in [6, 6.07) is 1.90. The normalized spacial score (nSPS) is 19.2. The third-order valence-corrected chi connectivity index (χ3v) is 3.60. The molecule has 1 saturated heterocycles. The van der Waals surface area contributed by atoms with Crippen molar-refractivity contribution in [3.8, 4) is 5.75 Å². The van der Waals surface area contributed by atoms with Crippen molar-refractivity contribution in [1.82, 2.24) is 9.88 Å². The van der Waals surface area contributed by atoms with Gasteiger partial charge in [0.1, 0.15) is 11.9 Å². The van der Waals surface area contributed by atoms with Crippen molar-refractivity contribution >= 4 is 21.8 Å². The Morgan fingerprint density at radius 3 is 2.90 bits per heavy atom. The Balaban J connectivity index is 1.88. The number of aromatic nitrogens is 1. The molecule has 1 atom stereocenters. The third kappa shape index (κ3) is 4.47. The fraction of sp³-hybridized carbons (Fsp3) is 0.600. The predicted octanol–water partition coefficient (Wildman–Crippen LogP) is 3.26. The molecule has 0 saturated carbocycles. The lowest BCUT2D eigenvalue weighted by Gasteiger charge is -2.23. The molecule has 0 N–H and O–H groups in total. The van der Waals surface area contributed by atoms with Gasteiger partial charge in [0.25, 0.3) is 0 Å². The van der Waals surface area contributed by atoms with Crippen molar-refractivity contribution in [2.75, 3.05) is 13.1 Å². The minimum Gasteiger partial charge on any atom is -0.487 e. The van der Waals surface area contributed by atoms with Crippen LogP contribution < -0.4 is 4.74 Å². The van der Waals surface area contributed by atoms with Crippen molar-refractivity contribution in [3.63, 3.8) is 0 Å². The monoisotopic (exact) mass is 340 g/mol. The molecule has 0 radical (unpaired) electrons. The topological polar surface area (TPSA) is 42.4 Å². The van der Waals surface area contributed by atoms with E-state index in [9.17, 15) is 4.79 Å². The van der Waals surface area contributed by atoms with E-state index in [1.807, 2.05) is 11.0 Å². The lowest BCUT2D eigenvalue weighted by Crippen LogP contribution is -2.33. The number of amides is 1. The molecule has 2 rings (SSSR count). The van der Waals surface area contributed by atoms with Gasteiger partial charge in [0, 0.05) is 30.1 Å². The molecular weight excluding hydrogens is 320 g/mol. The van der Waals surface area contributed by atoms with Crippen LogP contribution in [0.3, 0.4) is 0 Å². The summed E-state index contributed by atoms with van der Waals surface area (Å²) in [5, 5.41) is 0. The molecule has 1 amide bonds. The zero-order valence-electron chi connectivity index (χ0n) is 12.2. The SMILES string of the molecule is CC(C)(C)CC(=O)N1CC[C@@H](Oc2cncc(Br)c2)C1. The van der Waals surface area contributed by atoms with Crippen LogP contribution in [0.1, 0.15) is 33.6 Å². The molecule has 0 unspecified atom stereocenters. The fourth-order valence-electron chi connectivity index (χ4n) is 2.27. The van der Waals surface area contributed by atoms with E-state index in [2.05, 4.69) is 41.7 Å². The summed E-state index contributed by atoms with van der Waals surface area (Å²) in [5.41, 5.74) is 0.0320. The minimum atomic E-state index is 0.0320. The first-order valence-electron chi connectivity index (χ1n) is 6.88. The third-order valence-electron chi connectivity index (χ3n) is 3.16. The van der Waals surface area contributed by atoms with E-state index < -0.39 is 0 Å². The molecule has 5 heteroatoms. The molecule has 0 aliphatic carbocycles. The standard InChI is InChI=1S/C15H21BrN2O2/c1-15(2,3)7-14(19)18-5-4-12(10-18)20-13-6-11(16)8-17-9-13/h6,8-9,12H,4-5,7,10H2,1-3H3/t12-/m1/s1. The number of carbonyl (C=O) groups is 1. The van der Waals surface area contributed by atoms with E-state index >= 15 is 0 Å². The van der Waals surface area contributed by atoms with Gasteiger partial charge in [0.15, 0.2) is 0 Å². The zero-order valence-corrected chi connectivity index (χ0v) is 13.8. The maximum atomic E-state index is 12.2. The molecule has 0 bridgehead atoms. The molecule has 2 heterocycles. The van der Waals surface area contributed by atoms with Crippen LogP contribution in [0, 0.1) is 5.41 Å². The second-order valence-electron chi connectivity index (χ2n) is 6.44. The molecule has 0 spiro atoms. The number of halogens is 1. The summed E-state index contributed by atoms with van der Waals surface area (Å²) in [7, 11) is 0. The van der Waals surface area contributed by atoms with Crippen LogP contribution in [-0.4, -0.2) is 35.0 Å². The zero-order chi connectivity index (χ0) is 14.8. The van der Waals surface area contributed by atoms with Crippen molar-refractivity contribution in [2.24, 2.45) is 5.41 Å². The van der Waals surface area contributed by atoms with Gasteiger partial charge in [-0.3, -0.25) is 9.78 Å². The molecular formula is C15H21BrN2O2. The van der Waals surface area contributed by atoms with E-state index in [0.29, 0.717) is 13.0 Å². The Hall–Kier alpha value is -1.10. The molecule has 1 fully saturated rings. The first-order chi connectivity index (χ1) is 9.33. The van der Waals surface area contributed by atoms with Gasteiger partial charge in [-0.1, -0.05) is 20.8 Å². The molecule has 1 aliphatic rings. The number of hydrogen-bond acceptors (Lipinski definition) is 3. The van der Waals surface area contributed by atoms with E-state index in [-0.39, 0.29) is 17.4 Å². The van der Waals surface area contributed by atoms with Gasteiger partial charge in [-0.15, -0.1) is 0 Å². The average Bonchev–Trinajstić information content (AvgIpc) is 2.75. The highest BCUT2D eigenvalue weighted by Crippen LogP contribution is 2.24. The van der Waals surface area contributed by atoms with Gasteiger partial charge in [-0.25, -0.2) is 0 Å². The van der Waals surface area contributed by atoms with Crippen LogP contribution in [-0.2, 0) is 4.79 Å². The first-order valence-corrected chi connectivity index (χ1v) is 7.68. The number of ether oxygens (including phenoxy) is 1. The fourth-order valence-corrected chi connectivity index (χ4v) is 2.61. The van der Waals surface area contributed by atoms with Crippen molar-refractivity contribution in [3.05, 3.63) is 22.9 Å². The van der Waals surface area contributed by atoms with Gasteiger partial charge < -0.3 is 9.64 Å². The summed E-state index contributed by atoms with van der Waals surface area (Å²) in [4.78, 5) is 18.1. The summed E-state index contributed by atoms with van der Waals surface area (Å²) in [6.45, 7) is 7.70. The maximum absolute atomic E-state index is 12.2. The minimum absolute atomic E-state index is 0.0320. The second kappa shape index (κ2) is 6.12. The van der Waals surface area contributed by atoms with Crippen LogP contribution in [0.2, 0.25) is 0 Å². The lowest BCUT2D eigenvalue weighted by molar-refractivity contribution is -0.132. The van der Waals surface area contributed by atoms with Crippen LogP contribution in [0.15, 0.2) is 22.9 Å². The van der Waals surface area contributed by atoms with Gasteiger partial charge in [0.05, 0.1) is 12.7 Å². The van der Waals surface area contributed by atoms with Crippen molar-refractivity contribution in [1.29, 1.82) is 0 Å². The van der Waals surface area contributed by atoms with Gasteiger partial charge in [-0.05, 0) is 27.4 Å². The Morgan fingerprint density at radius 2 is 2.25 bits per heavy atom. The van der Waals surface area contributed by atoms with E-state index in [0.717, 1.165) is 23.2 Å². The summed E-state index contributed by atoms with van der Waals surface area (Å²) >= 11 is 3.37. The predicted molar refractivity (Wildman–Crippen MR) is 81.6 cm³/mol.